The number of carbonyl (C=O) groups is 1. The molecule has 2 heterocycles. The molecule has 0 atom stereocenters. The van der Waals surface area contributed by atoms with Gasteiger partial charge in [-0.1, -0.05) is 48.5 Å². The lowest BCUT2D eigenvalue weighted by Gasteiger charge is -2.32. The van der Waals surface area contributed by atoms with E-state index in [1.165, 1.54) is 30.4 Å². The van der Waals surface area contributed by atoms with Gasteiger partial charge in [-0.05, 0) is 73.2 Å². The number of nitrogens with zero attached hydrogens (tertiary/aromatic N) is 2. The van der Waals surface area contributed by atoms with Crippen molar-refractivity contribution in [2.75, 3.05) is 13.1 Å². The fraction of sp³-hybridized carbons (Fsp3) is 0.308. The second-order valence-electron chi connectivity index (χ2n) is 8.15. The first-order chi connectivity index (χ1) is 14.8. The minimum Gasteiger partial charge on any atom is -0.348 e. The zero-order chi connectivity index (χ0) is 20.6. The number of aromatic nitrogens is 1. The van der Waals surface area contributed by atoms with Crippen LogP contribution in [0.5, 0.6) is 0 Å². The summed E-state index contributed by atoms with van der Waals surface area (Å²) < 4.78 is 0. The molecule has 30 heavy (non-hydrogen) atoms. The quantitative estimate of drug-likeness (QED) is 0.638. The van der Waals surface area contributed by atoms with E-state index in [1.54, 1.807) is 12.4 Å². The van der Waals surface area contributed by atoms with Gasteiger partial charge in [0.2, 0.25) is 0 Å². The molecule has 1 aliphatic rings. The fourth-order valence-corrected chi connectivity index (χ4v) is 4.15. The summed E-state index contributed by atoms with van der Waals surface area (Å²) in [6.45, 7) is 3.64. The van der Waals surface area contributed by atoms with Crippen molar-refractivity contribution < 1.29 is 4.79 Å². The van der Waals surface area contributed by atoms with E-state index in [9.17, 15) is 4.79 Å². The lowest BCUT2D eigenvalue weighted by atomic mass is 9.90. The minimum atomic E-state index is -0.0396. The zero-order valence-electron chi connectivity index (χ0n) is 17.3. The first kappa shape index (κ1) is 20.3. The summed E-state index contributed by atoms with van der Waals surface area (Å²) in [7, 11) is 0. The summed E-state index contributed by atoms with van der Waals surface area (Å²) in [5, 5.41) is 2.98. The number of carbonyl (C=O) groups excluding carboxylic acids is 1. The van der Waals surface area contributed by atoms with Crippen LogP contribution in [0.25, 0.3) is 0 Å². The molecule has 1 saturated heterocycles. The third-order valence-electron chi connectivity index (χ3n) is 5.85. The molecule has 1 amide bonds. The van der Waals surface area contributed by atoms with Gasteiger partial charge in [-0.15, -0.1) is 0 Å². The monoisotopic (exact) mass is 399 g/mol. The summed E-state index contributed by atoms with van der Waals surface area (Å²) in [5.74, 6) is 0.732. The number of nitrogens with one attached hydrogen (secondary N) is 1. The molecule has 1 aliphatic heterocycles. The van der Waals surface area contributed by atoms with E-state index in [-0.39, 0.29) is 5.91 Å². The predicted molar refractivity (Wildman–Crippen MR) is 120 cm³/mol. The molecule has 4 heteroatoms. The minimum absolute atomic E-state index is 0.0396. The number of piperidine rings is 1. The van der Waals surface area contributed by atoms with E-state index in [0.717, 1.165) is 36.7 Å². The Morgan fingerprint density at radius 2 is 1.70 bits per heavy atom. The van der Waals surface area contributed by atoms with Gasteiger partial charge in [-0.2, -0.15) is 0 Å². The van der Waals surface area contributed by atoms with Gasteiger partial charge in [0, 0.05) is 31.0 Å². The molecule has 4 rings (SSSR count). The number of hydrogen-bond acceptors (Lipinski definition) is 3. The van der Waals surface area contributed by atoms with Crippen molar-refractivity contribution in [2.24, 2.45) is 5.92 Å². The molecule has 1 aromatic heterocycles. The number of pyridine rings is 1. The maximum Gasteiger partial charge on any atom is 0.251 e. The van der Waals surface area contributed by atoms with Gasteiger partial charge in [0.05, 0.1) is 0 Å². The van der Waals surface area contributed by atoms with E-state index >= 15 is 0 Å². The van der Waals surface area contributed by atoms with Crippen molar-refractivity contribution in [3.8, 4) is 0 Å². The molecule has 2 aromatic carbocycles. The van der Waals surface area contributed by atoms with Crippen molar-refractivity contribution in [3.05, 3.63) is 101 Å². The Hall–Kier alpha value is -2.98. The summed E-state index contributed by atoms with van der Waals surface area (Å²) in [5.41, 5.74) is 4.36. The zero-order valence-corrected chi connectivity index (χ0v) is 17.3. The van der Waals surface area contributed by atoms with Crippen LogP contribution in [-0.2, 0) is 19.5 Å². The smallest absolute Gasteiger partial charge is 0.251 e. The fourth-order valence-electron chi connectivity index (χ4n) is 4.15. The predicted octanol–water partition coefficient (Wildman–Crippen LogP) is 4.47. The van der Waals surface area contributed by atoms with E-state index < -0.39 is 0 Å². The standard InChI is InChI=1S/C26H29N3O/c30-26(28-19-24-9-5-13-27-18-24)25-10-4-8-23(17-25)20-29-14-11-22(12-15-29)16-21-6-2-1-3-7-21/h1-10,13,17-18,22H,11-12,14-16,19-20H2,(H,28,30). The van der Waals surface area contributed by atoms with E-state index in [4.69, 9.17) is 0 Å². The normalized spacial score (nSPS) is 15.1. The highest BCUT2D eigenvalue weighted by molar-refractivity contribution is 5.94. The van der Waals surface area contributed by atoms with Crippen molar-refractivity contribution in [1.82, 2.24) is 15.2 Å². The van der Waals surface area contributed by atoms with Crippen LogP contribution in [0.3, 0.4) is 0 Å². The molecule has 0 unspecified atom stereocenters. The van der Waals surface area contributed by atoms with Gasteiger partial charge in [-0.25, -0.2) is 0 Å². The molecule has 0 aliphatic carbocycles. The van der Waals surface area contributed by atoms with Crippen LogP contribution in [0.4, 0.5) is 0 Å². The van der Waals surface area contributed by atoms with Crippen LogP contribution in [-0.4, -0.2) is 28.9 Å². The highest BCUT2D eigenvalue weighted by atomic mass is 16.1. The largest absolute Gasteiger partial charge is 0.348 e. The van der Waals surface area contributed by atoms with Crippen LogP contribution in [0.1, 0.15) is 39.9 Å². The van der Waals surface area contributed by atoms with Gasteiger partial charge in [0.1, 0.15) is 0 Å². The highest BCUT2D eigenvalue weighted by Crippen LogP contribution is 2.23. The highest BCUT2D eigenvalue weighted by Gasteiger charge is 2.19. The average molecular weight is 400 g/mol. The van der Waals surface area contributed by atoms with Gasteiger partial charge in [0.25, 0.3) is 5.91 Å². The van der Waals surface area contributed by atoms with Gasteiger partial charge in [-0.3, -0.25) is 14.7 Å². The maximum atomic E-state index is 12.5. The molecule has 0 saturated carbocycles. The molecule has 3 aromatic rings. The Bertz CT molecular complexity index is 935. The van der Waals surface area contributed by atoms with E-state index in [0.29, 0.717) is 6.54 Å². The molecular weight excluding hydrogens is 370 g/mol. The van der Waals surface area contributed by atoms with Crippen LogP contribution in [0.15, 0.2) is 79.1 Å². The maximum absolute atomic E-state index is 12.5. The van der Waals surface area contributed by atoms with Crippen LogP contribution in [0, 0.1) is 5.92 Å². The molecular formula is C26H29N3O. The van der Waals surface area contributed by atoms with Gasteiger partial charge >= 0.3 is 0 Å². The molecule has 154 valence electrons. The number of rotatable bonds is 7. The number of amides is 1. The van der Waals surface area contributed by atoms with E-state index in [2.05, 4.69) is 51.6 Å². The third-order valence-corrected chi connectivity index (χ3v) is 5.85. The van der Waals surface area contributed by atoms with Gasteiger partial charge < -0.3 is 5.32 Å². The summed E-state index contributed by atoms with van der Waals surface area (Å²) in [6, 6.07) is 22.7. The summed E-state index contributed by atoms with van der Waals surface area (Å²) in [6.07, 6.45) is 7.17. The Balaban J connectivity index is 1.27. The third kappa shape index (κ3) is 5.77. The molecule has 1 fully saturated rings. The van der Waals surface area contributed by atoms with Crippen molar-refractivity contribution in [1.29, 1.82) is 0 Å². The average Bonchev–Trinajstić information content (AvgIpc) is 2.80. The Morgan fingerprint density at radius 3 is 2.47 bits per heavy atom. The van der Waals surface area contributed by atoms with Crippen LogP contribution >= 0.6 is 0 Å². The SMILES string of the molecule is O=C(NCc1cccnc1)c1cccc(CN2CCC(Cc3ccccc3)CC2)c1. The van der Waals surface area contributed by atoms with Crippen LogP contribution < -0.4 is 5.32 Å². The van der Waals surface area contributed by atoms with Crippen molar-refractivity contribution >= 4 is 5.91 Å². The van der Waals surface area contributed by atoms with Gasteiger partial charge in [0.15, 0.2) is 0 Å². The van der Waals surface area contributed by atoms with E-state index in [1.807, 2.05) is 30.3 Å². The molecule has 4 nitrogen and oxygen atoms in total. The summed E-state index contributed by atoms with van der Waals surface area (Å²) >= 11 is 0. The van der Waals surface area contributed by atoms with Crippen molar-refractivity contribution in [3.63, 3.8) is 0 Å². The second kappa shape index (κ2) is 10.2. The second-order valence-corrected chi connectivity index (χ2v) is 8.15. The lowest BCUT2D eigenvalue weighted by molar-refractivity contribution is 0.0950. The number of hydrogen-bond donors (Lipinski definition) is 1. The molecule has 1 N–H and O–H groups in total. The molecule has 0 spiro atoms. The number of likely N-dealkylation sites (tertiary alicyclic amines) is 1. The Kier molecular flexibility index (Phi) is 6.88. The Labute approximate surface area is 179 Å². The molecule has 0 radical (unpaired) electrons. The summed E-state index contributed by atoms with van der Waals surface area (Å²) in [4.78, 5) is 19.1. The first-order valence-electron chi connectivity index (χ1n) is 10.8. The van der Waals surface area contributed by atoms with Crippen molar-refractivity contribution in [2.45, 2.75) is 32.4 Å². The van der Waals surface area contributed by atoms with Crippen LogP contribution in [0.2, 0.25) is 0 Å². The lowest BCUT2D eigenvalue weighted by Crippen LogP contribution is -2.34. The topological polar surface area (TPSA) is 45.2 Å². The Morgan fingerprint density at radius 1 is 0.933 bits per heavy atom. The first-order valence-corrected chi connectivity index (χ1v) is 10.8. The molecule has 0 bridgehead atoms. The number of benzene rings is 2.